The second-order valence-electron chi connectivity index (χ2n) is 9.49. The molecular formula is C29H29F3N4O3. The number of ether oxygens (including phenoxy) is 1. The quantitative estimate of drug-likeness (QED) is 0.247. The van der Waals surface area contributed by atoms with Gasteiger partial charge in [0.2, 0.25) is 0 Å². The third-order valence-electron chi connectivity index (χ3n) is 6.29. The number of aryl methyl sites for hydroxylation is 1. The maximum absolute atomic E-state index is 13.7. The number of rotatable bonds is 10. The molecule has 0 bridgehead atoms. The Hall–Kier alpha value is -4.18. The average molecular weight is 539 g/mol. The Bertz CT molecular complexity index is 1460. The molecule has 4 rings (SSSR count). The highest BCUT2D eigenvalue weighted by Gasteiger charge is 2.35. The molecule has 0 saturated heterocycles. The molecule has 0 fully saturated rings. The molecule has 0 saturated carbocycles. The van der Waals surface area contributed by atoms with Crippen molar-refractivity contribution in [1.29, 1.82) is 0 Å². The highest BCUT2D eigenvalue weighted by molar-refractivity contribution is 5.87. The van der Waals surface area contributed by atoms with Gasteiger partial charge in [0.1, 0.15) is 18.1 Å². The summed E-state index contributed by atoms with van der Waals surface area (Å²) in [5.74, 6) is -0.467. The van der Waals surface area contributed by atoms with E-state index in [0.29, 0.717) is 30.2 Å². The minimum Gasteiger partial charge on any atom is -0.487 e. The van der Waals surface area contributed by atoms with Gasteiger partial charge < -0.3 is 15.2 Å². The molecule has 0 aliphatic rings. The predicted octanol–water partition coefficient (Wildman–Crippen LogP) is 6.28. The van der Waals surface area contributed by atoms with Gasteiger partial charge in [0.05, 0.1) is 22.5 Å². The molecule has 3 aromatic carbocycles. The van der Waals surface area contributed by atoms with Crippen molar-refractivity contribution in [3.05, 3.63) is 106 Å². The van der Waals surface area contributed by atoms with E-state index in [1.807, 2.05) is 45.0 Å². The number of nitrogens with one attached hydrogen (secondary N) is 1. The molecule has 1 aromatic heterocycles. The summed E-state index contributed by atoms with van der Waals surface area (Å²) in [5, 5.41) is 20.7. The molecular weight excluding hydrogens is 509 g/mol. The smallest absolute Gasteiger partial charge is 0.418 e. The predicted molar refractivity (Wildman–Crippen MR) is 140 cm³/mol. The van der Waals surface area contributed by atoms with Crippen LogP contribution >= 0.6 is 0 Å². The van der Waals surface area contributed by atoms with Crippen molar-refractivity contribution < 1.29 is 27.8 Å². The molecule has 0 amide bonds. The van der Waals surface area contributed by atoms with Crippen LogP contribution in [0, 0.1) is 6.92 Å². The Morgan fingerprint density at radius 3 is 2.51 bits per heavy atom. The number of nitrogens with zero attached hydrogens (tertiary/aromatic N) is 3. The summed E-state index contributed by atoms with van der Waals surface area (Å²) >= 11 is 0. The number of hydrogen-bond donors (Lipinski definition) is 2. The summed E-state index contributed by atoms with van der Waals surface area (Å²) in [6, 6.07) is 17.6. The lowest BCUT2D eigenvalue weighted by Gasteiger charge is -2.16. The molecule has 4 aromatic rings. The lowest BCUT2D eigenvalue weighted by Crippen LogP contribution is -2.15. The number of carboxylic acids is 1. The average Bonchev–Trinajstić information content (AvgIpc) is 3.32. The van der Waals surface area contributed by atoms with Crippen molar-refractivity contribution in [3.8, 4) is 11.4 Å². The van der Waals surface area contributed by atoms with Gasteiger partial charge in [0.15, 0.2) is 0 Å². The van der Waals surface area contributed by atoms with E-state index in [1.54, 1.807) is 18.2 Å². The van der Waals surface area contributed by atoms with Crippen LogP contribution in [0.2, 0.25) is 0 Å². The van der Waals surface area contributed by atoms with Crippen LogP contribution in [-0.2, 0) is 25.9 Å². The van der Waals surface area contributed by atoms with Crippen LogP contribution in [0.25, 0.3) is 5.69 Å². The van der Waals surface area contributed by atoms with E-state index in [0.717, 1.165) is 22.8 Å². The molecule has 0 aliphatic carbocycles. The van der Waals surface area contributed by atoms with Crippen molar-refractivity contribution in [2.45, 2.75) is 52.6 Å². The molecule has 39 heavy (non-hydrogen) atoms. The summed E-state index contributed by atoms with van der Waals surface area (Å²) in [5.41, 5.74) is 3.23. The summed E-state index contributed by atoms with van der Waals surface area (Å²) in [6.45, 7) is 6.80. The van der Waals surface area contributed by atoms with Crippen LogP contribution in [-0.4, -0.2) is 26.1 Å². The van der Waals surface area contributed by atoms with Gasteiger partial charge in [0.25, 0.3) is 0 Å². The summed E-state index contributed by atoms with van der Waals surface area (Å²) < 4.78 is 48.3. The van der Waals surface area contributed by atoms with Gasteiger partial charge in [0, 0.05) is 13.1 Å². The second-order valence-corrected chi connectivity index (χ2v) is 9.49. The van der Waals surface area contributed by atoms with Gasteiger partial charge in [-0.05, 0) is 65.9 Å². The minimum atomic E-state index is -4.54. The first-order valence-corrected chi connectivity index (χ1v) is 12.4. The van der Waals surface area contributed by atoms with E-state index >= 15 is 0 Å². The van der Waals surface area contributed by atoms with E-state index in [9.17, 15) is 18.0 Å². The Kier molecular flexibility index (Phi) is 8.35. The SMILES string of the molecule is Cc1cc(OCc2c(C(C)C)nnn2-c2ccccc2C(F)(F)F)ccc1CNCc1cccc(C(=O)O)c1. The van der Waals surface area contributed by atoms with Gasteiger partial charge in [-0.1, -0.05) is 49.4 Å². The van der Waals surface area contributed by atoms with Crippen LogP contribution < -0.4 is 10.1 Å². The number of aromatic carboxylic acids is 1. The maximum atomic E-state index is 13.7. The number of para-hydroxylation sites is 1. The molecule has 2 N–H and O–H groups in total. The number of carbonyl (C=O) groups is 1. The summed E-state index contributed by atoms with van der Waals surface area (Å²) in [4.78, 5) is 11.2. The van der Waals surface area contributed by atoms with Crippen LogP contribution in [0.3, 0.4) is 0 Å². The highest BCUT2D eigenvalue weighted by atomic mass is 19.4. The fourth-order valence-electron chi connectivity index (χ4n) is 4.25. The number of benzene rings is 3. The Labute approximate surface area is 224 Å². The van der Waals surface area contributed by atoms with Gasteiger partial charge in [-0.25, -0.2) is 9.48 Å². The highest BCUT2D eigenvalue weighted by Crippen LogP contribution is 2.34. The van der Waals surface area contributed by atoms with E-state index in [2.05, 4.69) is 15.6 Å². The largest absolute Gasteiger partial charge is 0.487 e. The van der Waals surface area contributed by atoms with Crippen LogP contribution in [0.1, 0.15) is 63.8 Å². The minimum absolute atomic E-state index is 0.0103. The standard InChI is InChI=1S/C29H29F3N4O3/c1-18(2)27-26(36(35-34-27)25-10-5-4-9-24(25)29(30,31)32)17-39-23-12-11-22(19(3)13-23)16-33-15-20-7-6-8-21(14-20)28(37)38/h4-14,18,33H,15-17H2,1-3H3,(H,37,38). The van der Waals surface area contributed by atoms with Crippen LogP contribution in [0.15, 0.2) is 66.7 Å². The molecule has 0 radical (unpaired) electrons. The number of aromatic nitrogens is 3. The molecule has 0 spiro atoms. The second kappa shape index (κ2) is 11.7. The lowest BCUT2D eigenvalue weighted by atomic mass is 10.1. The first-order valence-electron chi connectivity index (χ1n) is 12.4. The van der Waals surface area contributed by atoms with E-state index in [1.165, 1.54) is 22.9 Å². The number of halogens is 3. The van der Waals surface area contributed by atoms with Gasteiger partial charge in [-0.2, -0.15) is 13.2 Å². The number of hydrogen-bond acceptors (Lipinski definition) is 5. The molecule has 1 heterocycles. The summed E-state index contributed by atoms with van der Waals surface area (Å²) in [7, 11) is 0. The summed E-state index contributed by atoms with van der Waals surface area (Å²) in [6.07, 6.45) is -4.54. The molecule has 0 aliphatic heterocycles. The fraction of sp³-hybridized carbons (Fsp3) is 0.276. The van der Waals surface area contributed by atoms with Gasteiger partial charge in [-0.3, -0.25) is 0 Å². The normalized spacial score (nSPS) is 11.7. The maximum Gasteiger partial charge on any atom is 0.418 e. The fourth-order valence-corrected chi connectivity index (χ4v) is 4.25. The zero-order valence-corrected chi connectivity index (χ0v) is 21.8. The molecule has 0 unspecified atom stereocenters. The molecule has 0 atom stereocenters. The zero-order chi connectivity index (χ0) is 28.2. The number of carboxylic acid groups (broad SMARTS) is 1. The van der Waals surface area contributed by atoms with Crippen molar-refractivity contribution in [1.82, 2.24) is 20.3 Å². The third-order valence-corrected chi connectivity index (χ3v) is 6.29. The van der Waals surface area contributed by atoms with Crippen LogP contribution in [0.4, 0.5) is 13.2 Å². The zero-order valence-electron chi connectivity index (χ0n) is 21.8. The van der Waals surface area contributed by atoms with Crippen molar-refractivity contribution >= 4 is 5.97 Å². The van der Waals surface area contributed by atoms with E-state index in [-0.39, 0.29) is 23.8 Å². The van der Waals surface area contributed by atoms with Crippen molar-refractivity contribution in [2.75, 3.05) is 0 Å². The Morgan fingerprint density at radius 2 is 1.82 bits per heavy atom. The first kappa shape index (κ1) is 27.8. The van der Waals surface area contributed by atoms with Crippen molar-refractivity contribution in [2.24, 2.45) is 0 Å². The number of alkyl halides is 3. The van der Waals surface area contributed by atoms with Crippen molar-refractivity contribution in [3.63, 3.8) is 0 Å². The monoisotopic (exact) mass is 538 g/mol. The first-order chi connectivity index (χ1) is 18.5. The Morgan fingerprint density at radius 1 is 1.05 bits per heavy atom. The van der Waals surface area contributed by atoms with E-state index in [4.69, 9.17) is 9.84 Å². The Balaban J connectivity index is 1.47. The molecule has 10 heteroatoms. The van der Waals surface area contributed by atoms with E-state index < -0.39 is 17.7 Å². The topological polar surface area (TPSA) is 89.3 Å². The van der Waals surface area contributed by atoms with Crippen LogP contribution in [0.5, 0.6) is 5.75 Å². The van der Waals surface area contributed by atoms with Gasteiger partial charge >= 0.3 is 12.1 Å². The van der Waals surface area contributed by atoms with Gasteiger partial charge in [-0.15, -0.1) is 5.10 Å². The molecule has 7 nitrogen and oxygen atoms in total. The molecule has 204 valence electrons. The lowest BCUT2D eigenvalue weighted by molar-refractivity contribution is -0.137. The third kappa shape index (κ3) is 6.64.